The molecule has 0 aliphatic carbocycles. The number of hydrogen-bond acceptors (Lipinski definition) is 3. The number of fused-ring (bicyclic) bond motifs is 1. The standard InChI is InChI=1S/C17H26N2S/c1-13(14-7-10-19(2)11-8-14)18-16-9-12-20-17-6-4-3-5-15(16)17/h3-6,13-14,16,18H,7-12H2,1-2H3. The number of nitrogens with one attached hydrogen (secondary N) is 1. The SMILES string of the molecule is CC(NC1CCSc2ccccc21)C1CCN(C)CC1. The van der Waals surface area contributed by atoms with Crippen LogP contribution >= 0.6 is 11.8 Å². The van der Waals surface area contributed by atoms with Crippen molar-refractivity contribution in [3.8, 4) is 0 Å². The lowest BCUT2D eigenvalue weighted by Gasteiger charge is -2.36. The quantitative estimate of drug-likeness (QED) is 0.916. The Morgan fingerprint density at radius 1 is 1.20 bits per heavy atom. The van der Waals surface area contributed by atoms with Crippen molar-refractivity contribution in [3.05, 3.63) is 29.8 Å². The van der Waals surface area contributed by atoms with E-state index in [4.69, 9.17) is 0 Å². The summed E-state index contributed by atoms with van der Waals surface area (Å²) in [4.78, 5) is 3.93. The second-order valence-corrected chi connectivity index (χ2v) is 7.46. The molecule has 1 N–H and O–H groups in total. The van der Waals surface area contributed by atoms with E-state index in [0.29, 0.717) is 12.1 Å². The van der Waals surface area contributed by atoms with E-state index in [9.17, 15) is 0 Å². The summed E-state index contributed by atoms with van der Waals surface area (Å²) >= 11 is 2.01. The van der Waals surface area contributed by atoms with Gasteiger partial charge in [0.05, 0.1) is 0 Å². The third-order valence-corrected chi connectivity index (χ3v) is 6.02. The highest BCUT2D eigenvalue weighted by molar-refractivity contribution is 7.99. The molecule has 3 heteroatoms. The summed E-state index contributed by atoms with van der Waals surface area (Å²) in [7, 11) is 2.24. The minimum atomic E-state index is 0.558. The largest absolute Gasteiger partial charge is 0.307 e. The average molecular weight is 290 g/mol. The number of piperidine rings is 1. The predicted molar refractivity (Wildman–Crippen MR) is 87.3 cm³/mol. The van der Waals surface area contributed by atoms with Gasteiger partial charge in [0.15, 0.2) is 0 Å². The van der Waals surface area contributed by atoms with Gasteiger partial charge >= 0.3 is 0 Å². The van der Waals surface area contributed by atoms with Gasteiger partial charge < -0.3 is 10.2 Å². The minimum absolute atomic E-state index is 0.558. The number of rotatable bonds is 3. The molecule has 1 aromatic carbocycles. The number of thioether (sulfide) groups is 1. The number of benzene rings is 1. The van der Waals surface area contributed by atoms with Crippen LogP contribution in [0.25, 0.3) is 0 Å². The summed E-state index contributed by atoms with van der Waals surface area (Å²) < 4.78 is 0. The summed E-state index contributed by atoms with van der Waals surface area (Å²) in [5.41, 5.74) is 1.52. The normalized spacial score (nSPS) is 26.2. The molecule has 0 saturated carbocycles. The molecule has 20 heavy (non-hydrogen) atoms. The van der Waals surface area contributed by atoms with E-state index in [1.54, 1.807) is 0 Å². The Bertz CT molecular complexity index is 440. The van der Waals surface area contributed by atoms with Gasteiger partial charge in [0.1, 0.15) is 0 Å². The highest BCUT2D eigenvalue weighted by atomic mass is 32.2. The Morgan fingerprint density at radius 3 is 2.75 bits per heavy atom. The van der Waals surface area contributed by atoms with Gasteiger partial charge in [-0.2, -0.15) is 0 Å². The molecular weight excluding hydrogens is 264 g/mol. The summed E-state index contributed by atoms with van der Waals surface area (Å²) in [6.45, 7) is 4.90. The second kappa shape index (κ2) is 6.50. The molecule has 1 fully saturated rings. The zero-order valence-corrected chi connectivity index (χ0v) is 13.5. The van der Waals surface area contributed by atoms with E-state index in [1.165, 1.54) is 48.6 Å². The van der Waals surface area contributed by atoms with Crippen LogP contribution in [-0.4, -0.2) is 36.8 Å². The van der Waals surface area contributed by atoms with Crippen molar-refractivity contribution in [2.24, 2.45) is 5.92 Å². The van der Waals surface area contributed by atoms with Crippen molar-refractivity contribution in [1.82, 2.24) is 10.2 Å². The van der Waals surface area contributed by atoms with Crippen molar-refractivity contribution in [3.63, 3.8) is 0 Å². The van der Waals surface area contributed by atoms with Crippen LogP contribution in [0, 0.1) is 5.92 Å². The molecular formula is C17H26N2S. The number of hydrogen-bond donors (Lipinski definition) is 1. The molecule has 1 saturated heterocycles. The molecule has 0 aromatic heterocycles. The smallest absolute Gasteiger partial charge is 0.0341 e. The summed E-state index contributed by atoms with van der Waals surface area (Å²) in [6.07, 6.45) is 3.94. The summed E-state index contributed by atoms with van der Waals surface area (Å²) in [5, 5.41) is 3.93. The van der Waals surface area contributed by atoms with Crippen LogP contribution in [0.5, 0.6) is 0 Å². The Kier molecular flexibility index (Phi) is 4.69. The Hall–Kier alpha value is -0.510. The molecule has 0 bridgehead atoms. The van der Waals surface area contributed by atoms with Crippen LogP contribution in [0.3, 0.4) is 0 Å². The molecule has 1 aromatic rings. The van der Waals surface area contributed by atoms with Gasteiger partial charge in [-0.1, -0.05) is 18.2 Å². The van der Waals surface area contributed by atoms with Gasteiger partial charge in [0.25, 0.3) is 0 Å². The first kappa shape index (κ1) is 14.4. The topological polar surface area (TPSA) is 15.3 Å². The lowest BCUT2D eigenvalue weighted by Crippen LogP contribution is -2.42. The zero-order chi connectivity index (χ0) is 13.9. The molecule has 2 unspecified atom stereocenters. The minimum Gasteiger partial charge on any atom is -0.307 e. The maximum absolute atomic E-state index is 3.93. The van der Waals surface area contributed by atoms with Crippen molar-refractivity contribution < 1.29 is 0 Å². The molecule has 0 amide bonds. The van der Waals surface area contributed by atoms with Crippen molar-refractivity contribution in [1.29, 1.82) is 0 Å². The molecule has 2 heterocycles. The first-order chi connectivity index (χ1) is 9.74. The number of nitrogens with zero attached hydrogens (tertiary/aromatic N) is 1. The molecule has 2 nitrogen and oxygen atoms in total. The van der Waals surface area contributed by atoms with E-state index < -0.39 is 0 Å². The van der Waals surface area contributed by atoms with Crippen LogP contribution < -0.4 is 5.32 Å². The van der Waals surface area contributed by atoms with Gasteiger partial charge in [-0.25, -0.2) is 0 Å². The molecule has 110 valence electrons. The summed E-state index contributed by atoms with van der Waals surface area (Å²) in [5.74, 6) is 2.09. The first-order valence-electron chi connectivity index (χ1n) is 7.90. The van der Waals surface area contributed by atoms with Gasteiger partial charge in [0.2, 0.25) is 0 Å². The van der Waals surface area contributed by atoms with Gasteiger partial charge in [0, 0.05) is 17.0 Å². The van der Waals surface area contributed by atoms with Crippen molar-refractivity contribution in [2.45, 2.75) is 43.2 Å². The van der Waals surface area contributed by atoms with Gasteiger partial charge in [-0.15, -0.1) is 11.8 Å². The van der Waals surface area contributed by atoms with Crippen LogP contribution in [0.1, 0.15) is 37.8 Å². The predicted octanol–water partition coefficient (Wildman–Crippen LogP) is 3.54. The molecule has 3 rings (SSSR count). The lowest BCUT2D eigenvalue weighted by molar-refractivity contribution is 0.183. The molecule has 0 radical (unpaired) electrons. The maximum atomic E-state index is 3.93. The van der Waals surface area contributed by atoms with Crippen LogP contribution in [0.15, 0.2) is 29.2 Å². The first-order valence-corrected chi connectivity index (χ1v) is 8.89. The summed E-state index contributed by atoms with van der Waals surface area (Å²) in [6, 6.07) is 10.1. The Balaban J connectivity index is 1.63. The monoisotopic (exact) mass is 290 g/mol. The van der Waals surface area contributed by atoms with E-state index in [1.807, 2.05) is 11.8 Å². The molecule has 2 atom stereocenters. The fourth-order valence-electron chi connectivity index (χ4n) is 3.50. The van der Waals surface area contributed by atoms with Gasteiger partial charge in [-0.3, -0.25) is 0 Å². The second-order valence-electron chi connectivity index (χ2n) is 6.32. The van der Waals surface area contributed by atoms with Crippen LogP contribution in [-0.2, 0) is 0 Å². The highest BCUT2D eigenvalue weighted by Gasteiger charge is 2.26. The Morgan fingerprint density at radius 2 is 1.95 bits per heavy atom. The van der Waals surface area contributed by atoms with E-state index in [2.05, 4.69) is 48.5 Å². The third-order valence-electron chi connectivity index (χ3n) is 4.89. The van der Waals surface area contributed by atoms with E-state index in [-0.39, 0.29) is 0 Å². The van der Waals surface area contributed by atoms with Crippen LogP contribution in [0.2, 0.25) is 0 Å². The van der Waals surface area contributed by atoms with Crippen molar-refractivity contribution >= 4 is 11.8 Å². The fourth-order valence-corrected chi connectivity index (χ4v) is 4.62. The Labute approximate surface area is 127 Å². The van der Waals surface area contributed by atoms with E-state index in [0.717, 1.165) is 5.92 Å². The van der Waals surface area contributed by atoms with Crippen molar-refractivity contribution in [2.75, 3.05) is 25.9 Å². The highest BCUT2D eigenvalue weighted by Crippen LogP contribution is 2.36. The van der Waals surface area contributed by atoms with Crippen LogP contribution in [0.4, 0.5) is 0 Å². The third kappa shape index (κ3) is 3.21. The average Bonchev–Trinajstić information content (AvgIpc) is 2.48. The fraction of sp³-hybridized carbons (Fsp3) is 0.647. The molecule has 2 aliphatic rings. The molecule has 0 spiro atoms. The number of likely N-dealkylation sites (tertiary alicyclic amines) is 1. The van der Waals surface area contributed by atoms with E-state index >= 15 is 0 Å². The van der Waals surface area contributed by atoms with Gasteiger partial charge in [-0.05, 0) is 69.6 Å². The molecule has 2 aliphatic heterocycles. The zero-order valence-electron chi connectivity index (χ0n) is 12.6. The maximum Gasteiger partial charge on any atom is 0.0341 e. The lowest BCUT2D eigenvalue weighted by atomic mass is 9.89.